The second-order valence-electron chi connectivity index (χ2n) is 7.46. The number of piperidine rings is 3. The SMILES string of the molecule is Clc1cc2cnc(NC3=CC[C@@]4(CN5CCC4CC5)N3)cc2cc1Cl. The van der Waals surface area contributed by atoms with Gasteiger partial charge >= 0.3 is 0 Å². The van der Waals surface area contributed by atoms with Gasteiger partial charge in [-0.2, -0.15) is 0 Å². The van der Waals surface area contributed by atoms with Crippen LogP contribution in [0.3, 0.4) is 0 Å². The highest BCUT2D eigenvalue weighted by atomic mass is 35.5. The zero-order chi connectivity index (χ0) is 17.0. The van der Waals surface area contributed by atoms with E-state index >= 15 is 0 Å². The number of benzene rings is 1. The van der Waals surface area contributed by atoms with E-state index in [1.54, 1.807) is 0 Å². The summed E-state index contributed by atoms with van der Waals surface area (Å²) in [6.45, 7) is 3.66. The molecule has 6 heteroatoms. The maximum atomic E-state index is 6.14. The molecule has 25 heavy (non-hydrogen) atoms. The number of anilines is 1. The molecule has 0 saturated carbocycles. The monoisotopic (exact) mass is 374 g/mol. The number of nitrogens with one attached hydrogen (secondary N) is 2. The molecule has 1 aromatic heterocycles. The topological polar surface area (TPSA) is 40.2 Å². The van der Waals surface area contributed by atoms with Gasteiger partial charge in [-0.1, -0.05) is 23.2 Å². The highest BCUT2D eigenvalue weighted by molar-refractivity contribution is 6.42. The minimum Gasteiger partial charge on any atom is -0.365 e. The fourth-order valence-electron chi connectivity index (χ4n) is 4.63. The van der Waals surface area contributed by atoms with Crippen molar-refractivity contribution in [2.45, 2.75) is 24.8 Å². The van der Waals surface area contributed by atoms with Crippen molar-refractivity contribution in [1.82, 2.24) is 15.2 Å². The molecule has 1 atom stereocenters. The molecule has 4 nitrogen and oxygen atoms in total. The summed E-state index contributed by atoms with van der Waals surface area (Å²) < 4.78 is 0. The van der Waals surface area contributed by atoms with Gasteiger partial charge in [0.2, 0.25) is 0 Å². The van der Waals surface area contributed by atoms with Crippen LogP contribution in [-0.2, 0) is 0 Å². The van der Waals surface area contributed by atoms with Crippen LogP contribution in [0.15, 0.2) is 36.3 Å². The molecular weight excluding hydrogens is 355 g/mol. The number of halogens is 2. The molecule has 3 saturated heterocycles. The molecule has 4 aliphatic rings. The van der Waals surface area contributed by atoms with Gasteiger partial charge in [-0.25, -0.2) is 4.98 Å². The lowest BCUT2D eigenvalue weighted by atomic mass is 9.72. The Morgan fingerprint density at radius 1 is 1.12 bits per heavy atom. The zero-order valence-corrected chi connectivity index (χ0v) is 15.4. The molecule has 4 aliphatic heterocycles. The van der Waals surface area contributed by atoms with E-state index in [9.17, 15) is 0 Å². The van der Waals surface area contributed by atoms with E-state index in [-0.39, 0.29) is 5.54 Å². The number of hydrogen-bond donors (Lipinski definition) is 2. The Morgan fingerprint density at radius 2 is 1.88 bits per heavy atom. The van der Waals surface area contributed by atoms with Gasteiger partial charge in [0.25, 0.3) is 0 Å². The molecule has 3 fully saturated rings. The molecule has 0 amide bonds. The molecule has 1 spiro atoms. The zero-order valence-electron chi connectivity index (χ0n) is 13.9. The largest absolute Gasteiger partial charge is 0.365 e. The van der Waals surface area contributed by atoms with Crippen LogP contribution in [0, 0.1) is 5.92 Å². The fourth-order valence-corrected chi connectivity index (χ4v) is 4.97. The van der Waals surface area contributed by atoms with Crippen LogP contribution >= 0.6 is 23.2 Å². The first-order valence-corrected chi connectivity index (χ1v) is 9.59. The molecule has 0 radical (unpaired) electrons. The normalized spacial score (nSPS) is 30.6. The van der Waals surface area contributed by atoms with Crippen molar-refractivity contribution in [2.75, 3.05) is 25.0 Å². The van der Waals surface area contributed by atoms with Crippen LogP contribution in [0.1, 0.15) is 19.3 Å². The summed E-state index contributed by atoms with van der Waals surface area (Å²) in [6.07, 6.45) is 7.82. The molecule has 2 N–H and O–H groups in total. The molecule has 5 heterocycles. The maximum Gasteiger partial charge on any atom is 0.132 e. The Labute approximate surface area is 157 Å². The number of fused-ring (bicyclic) bond motifs is 3. The molecule has 0 aliphatic carbocycles. The number of rotatable bonds is 2. The standard InChI is InChI=1S/C19H20Cl2N4/c20-15-7-12-9-18(22-10-13(12)8-16(15)21)23-17-1-4-19(24-17)11-25-5-2-14(19)3-6-25/h1,7-10,14,24H,2-6,11H2,(H,22,23)/t19-/m0/s1. The van der Waals surface area contributed by atoms with Gasteiger partial charge < -0.3 is 15.5 Å². The number of nitrogens with zero attached hydrogens (tertiary/aromatic N) is 2. The highest BCUT2D eigenvalue weighted by Gasteiger charge is 2.48. The lowest BCUT2D eigenvalue weighted by molar-refractivity contribution is 0.0189. The first-order chi connectivity index (χ1) is 12.1. The van der Waals surface area contributed by atoms with E-state index in [0.717, 1.165) is 41.3 Å². The van der Waals surface area contributed by atoms with Crippen molar-refractivity contribution in [2.24, 2.45) is 5.92 Å². The van der Waals surface area contributed by atoms with Crippen LogP contribution in [0.25, 0.3) is 10.8 Å². The van der Waals surface area contributed by atoms with Crippen molar-refractivity contribution < 1.29 is 0 Å². The summed E-state index contributed by atoms with van der Waals surface area (Å²) in [5.74, 6) is 2.67. The average Bonchev–Trinajstić information content (AvgIpc) is 2.99. The highest BCUT2D eigenvalue weighted by Crippen LogP contribution is 2.41. The molecule has 1 aromatic carbocycles. The first kappa shape index (κ1) is 15.7. The lowest BCUT2D eigenvalue weighted by Gasteiger charge is -2.52. The van der Waals surface area contributed by atoms with Crippen LogP contribution in [-0.4, -0.2) is 35.1 Å². The Morgan fingerprint density at radius 3 is 2.60 bits per heavy atom. The summed E-state index contributed by atoms with van der Waals surface area (Å²) in [6, 6.07) is 5.75. The van der Waals surface area contributed by atoms with Gasteiger partial charge in [0.05, 0.1) is 15.6 Å². The van der Waals surface area contributed by atoms with Crippen molar-refractivity contribution in [1.29, 1.82) is 0 Å². The minimum absolute atomic E-state index is 0.215. The quantitative estimate of drug-likeness (QED) is 0.823. The molecule has 2 bridgehead atoms. The summed E-state index contributed by atoms with van der Waals surface area (Å²) in [5, 5.41) is 10.4. The van der Waals surface area contributed by atoms with E-state index < -0.39 is 0 Å². The van der Waals surface area contributed by atoms with Gasteiger partial charge in [0, 0.05) is 18.1 Å². The summed E-state index contributed by atoms with van der Waals surface area (Å²) in [4.78, 5) is 7.11. The minimum atomic E-state index is 0.215. The summed E-state index contributed by atoms with van der Waals surface area (Å²) in [7, 11) is 0. The van der Waals surface area contributed by atoms with E-state index in [0.29, 0.717) is 10.0 Å². The summed E-state index contributed by atoms with van der Waals surface area (Å²) in [5.41, 5.74) is 0.215. The van der Waals surface area contributed by atoms with Gasteiger partial charge in [-0.15, -0.1) is 0 Å². The Bertz CT molecular complexity index is 873. The molecule has 0 unspecified atom stereocenters. The third-order valence-electron chi connectivity index (χ3n) is 5.95. The van der Waals surface area contributed by atoms with Crippen molar-refractivity contribution in [3.63, 3.8) is 0 Å². The molecule has 6 rings (SSSR count). The number of hydrogen-bond acceptors (Lipinski definition) is 4. The third kappa shape index (κ3) is 2.67. The summed E-state index contributed by atoms with van der Waals surface area (Å²) >= 11 is 12.2. The molecule has 130 valence electrons. The maximum absolute atomic E-state index is 6.14. The second-order valence-corrected chi connectivity index (χ2v) is 8.28. The van der Waals surface area contributed by atoms with Crippen molar-refractivity contribution in [3.8, 4) is 0 Å². The van der Waals surface area contributed by atoms with Crippen molar-refractivity contribution in [3.05, 3.63) is 46.3 Å². The van der Waals surface area contributed by atoms with Gasteiger partial charge in [-0.3, -0.25) is 0 Å². The number of pyridine rings is 1. The molecular formula is C19H20Cl2N4. The van der Waals surface area contributed by atoms with Gasteiger partial charge in [0.1, 0.15) is 11.6 Å². The Balaban J connectivity index is 1.36. The van der Waals surface area contributed by atoms with E-state index in [2.05, 4.69) is 26.6 Å². The van der Waals surface area contributed by atoms with Gasteiger partial charge in [0.15, 0.2) is 0 Å². The average molecular weight is 375 g/mol. The first-order valence-electron chi connectivity index (χ1n) is 8.84. The predicted octanol–water partition coefficient (Wildman–Crippen LogP) is 4.25. The lowest BCUT2D eigenvalue weighted by Crippen LogP contribution is -2.64. The smallest absolute Gasteiger partial charge is 0.132 e. The van der Waals surface area contributed by atoms with E-state index in [1.165, 1.54) is 25.9 Å². The predicted molar refractivity (Wildman–Crippen MR) is 103 cm³/mol. The fraction of sp³-hybridized carbons (Fsp3) is 0.421. The number of aromatic nitrogens is 1. The van der Waals surface area contributed by atoms with E-state index in [4.69, 9.17) is 23.2 Å². The van der Waals surface area contributed by atoms with E-state index in [1.807, 2.05) is 24.4 Å². The van der Waals surface area contributed by atoms with Crippen LogP contribution in [0.4, 0.5) is 5.82 Å². The second kappa shape index (κ2) is 5.76. The molecule has 2 aromatic rings. The Hall–Kier alpha value is -1.49. The van der Waals surface area contributed by atoms with Gasteiger partial charge in [-0.05, 0) is 67.9 Å². The van der Waals surface area contributed by atoms with Crippen LogP contribution < -0.4 is 10.6 Å². The third-order valence-corrected chi connectivity index (χ3v) is 6.67. The Kier molecular flexibility index (Phi) is 3.63. The van der Waals surface area contributed by atoms with Crippen LogP contribution in [0.2, 0.25) is 10.0 Å². The van der Waals surface area contributed by atoms with Crippen LogP contribution in [0.5, 0.6) is 0 Å². The van der Waals surface area contributed by atoms with Crippen molar-refractivity contribution >= 4 is 39.8 Å².